The first kappa shape index (κ1) is 8.92. The van der Waals surface area contributed by atoms with Crippen molar-refractivity contribution in [3.05, 3.63) is 0 Å². The van der Waals surface area contributed by atoms with Gasteiger partial charge >= 0.3 is 0 Å². The van der Waals surface area contributed by atoms with Crippen molar-refractivity contribution >= 4 is 0 Å². The molecule has 0 saturated carbocycles. The zero-order valence-electron chi connectivity index (χ0n) is 5.44. The summed E-state index contributed by atoms with van der Waals surface area (Å²) in [5.74, 6) is 0. The average Bonchev–Trinajstić information content (AvgIpc) is 2.07. The molecule has 0 aliphatic carbocycles. The highest BCUT2D eigenvalue weighted by molar-refractivity contribution is 5.14. The normalized spacial score (nSPS) is 7.82. The van der Waals surface area contributed by atoms with Crippen LogP contribution in [0.15, 0.2) is 0 Å². The molecular formula is C6H3N5. The fourth-order valence-electron chi connectivity index (χ4n) is 0.373. The van der Waals surface area contributed by atoms with Gasteiger partial charge in [0.1, 0.15) is 0 Å². The highest BCUT2D eigenvalue weighted by Gasteiger charge is 2.11. The molecular weight excluding hydrogens is 142 g/mol. The van der Waals surface area contributed by atoms with Crippen molar-refractivity contribution in [3.63, 3.8) is 0 Å². The number of nitrogens with zero attached hydrogens (tertiary/aromatic N) is 4. The van der Waals surface area contributed by atoms with Gasteiger partial charge in [-0.1, -0.05) is 0 Å². The second-order valence-electron chi connectivity index (χ2n) is 1.55. The van der Waals surface area contributed by atoms with E-state index in [4.69, 9.17) is 21.0 Å². The van der Waals surface area contributed by atoms with E-state index >= 15 is 0 Å². The molecule has 0 atom stereocenters. The Hall–Kier alpha value is -2.08. The summed E-state index contributed by atoms with van der Waals surface area (Å²) < 4.78 is 0. The van der Waals surface area contributed by atoms with Crippen LogP contribution in [0.2, 0.25) is 0 Å². The summed E-state index contributed by atoms with van der Waals surface area (Å²) in [6, 6.07) is 4.11. The van der Waals surface area contributed by atoms with E-state index in [2.05, 4.69) is 5.32 Å². The lowest BCUT2D eigenvalue weighted by Gasteiger charge is -2.00. The fraction of sp³-hybridized carbons (Fsp3) is 0.333. The summed E-state index contributed by atoms with van der Waals surface area (Å²) in [5, 5.41) is 35.1. The Bertz CT molecular complexity index is 222. The molecule has 0 fully saturated rings. The summed E-state index contributed by atoms with van der Waals surface area (Å²) in [7, 11) is 0. The Morgan fingerprint density at radius 3 is 1.18 bits per heavy atom. The Balaban J connectivity index is 4.09. The Morgan fingerprint density at radius 1 is 0.727 bits per heavy atom. The Morgan fingerprint density at radius 2 is 1.00 bits per heavy atom. The molecule has 0 aromatic carbocycles. The van der Waals surface area contributed by atoms with E-state index in [1.54, 1.807) is 24.3 Å². The van der Waals surface area contributed by atoms with Crippen molar-refractivity contribution in [3.8, 4) is 24.3 Å². The minimum atomic E-state index is -1.10. The van der Waals surface area contributed by atoms with E-state index in [1.807, 2.05) is 0 Å². The van der Waals surface area contributed by atoms with E-state index in [0.717, 1.165) is 0 Å². The summed E-state index contributed by atoms with van der Waals surface area (Å²) in [4.78, 5) is 0. The molecule has 11 heavy (non-hydrogen) atoms. The largest absolute Gasteiger partial charge is 0.263 e. The highest BCUT2D eigenvalue weighted by atomic mass is 14.9. The lowest BCUT2D eigenvalue weighted by Crippen LogP contribution is -2.34. The molecule has 0 radical (unpaired) electrons. The van der Waals surface area contributed by atoms with Crippen LogP contribution in [0.25, 0.3) is 0 Å². The Labute approximate surface area is 63.7 Å². The first-order valence-corrected chi connectivity index (χ1v) is 2.63. The summed E-state index contributed by atoms with van der Waals surface area (Å²) in [6.45, 7) is 0. The van der Waals surface area contributed by atoms with Gasteiger partial charge in [0, 0.05) is 0 Å². The average molecular weight is 145 g/mol. The third-order valence-electron chi connectivity index (χ3n) is 0.850. The van der Waals surface area contributed by atoms with Crippen molar-refractivity contribution in [2.45, 2.75) is 12.1 Å². The summed E-state index contributed by atoms with van der Waals surface area (Å²) in [6.07, 6.45) is 0. The number of nitriles is 4. The number of hydrogen-bond donors (Lipinski definition) is 1. The smallest absolute Gasteiger partial charge is 0.185 e. The monoisotopic (exact) mass is 145 g/mol. The van der Waals surface area contributed by atoms with Crippen LogP contribution in [0.4, 0.5) is 0 Å². The van der Waals surface area contributed by atoms with Crippen molar-refractivity contribution in [1.29, 1.82) is 21.0 Å². The van der Waals surface area contributed by atoms with Crippen LogP contribution in [0.5, 0.6) is 0 Å². The predicted octanol–water partition coefficient (Wildman–Crippen LogP) is -0.592. The van der Waals surface area contributed by atoms with Gasteiger partial charge in [0.15, 0.2) is 12.1 Å². The second-order valence-corrected chi connectivity index (χ2v) is 1.55. The lowest BCUT2D eigenvalue weighted by atomic mass is 10.3. The molecule has 0 aromatic heterocycles. The van der Waals surface area contributed by atoms with Crippen LogP contribution >= 0.6 is 0 Å². The van der Waals surface area contributed by atoms with Gasteiger partial charge in [-0.2, -0.15) is 21.0 Å². The number of nitrogens with one attached hydrogen (secondary N) is 1. The molecule has 0 aliphatic heterocycles. The van der Waals surface area contributed by atoms with E-state index in [9.17, 15) is 0 Å². The molecule has 0 unspecified atom stereocenters. The molecule has 0 bridgehead atoms. The molecule has 5 heteroatoms. The van der Waals surface area contributed by atoms with Gasteiger partial charge in [-0.05, 0) is 0 Å². The van der Waals surface area contributed by atoms with Crippen LogP contribution in [0.3, 0.4) is 0 Å². The third-order valence-corrected chi connectivity index (χ3v) is 0.850. The van der Waals surface area contributed by atoms with Gasteiger partial charge in [0.2, 0.25) is 0 Å². The summed E-state index contributed by atoms with van der Waals surface area (Å²) >= 11 is 0. The van der Waals surface area contributed by atoms with Crippen LogP contribution in [-0.2, 0) is 0 Å². The van der Waals surface area contributed by atoms with E-state index in [0.29, 0.717) is 0 Å². The van der Waals surface area contributed by atoms with Gasteiger partial charge in [-0.25, -0.2) is 0 Å². The third kappa shape index (κ3) is 2.82. The van der Waals surface area contributed by atoms with E-state index in [1.165, 1.54) is 0 Å². The molecule has 5 nitrogen and oxygen atoms in total. The first-order valence-electron chi connectivity index (χ1n) is 2.63. The summed E-state index contributed by atoms with van der Waals surface area (Å²) in [5.41, 5.74) is 0. The maximum atomic E-state index is 8.21. The number of rotatable bonds is 2. The van der Waals surface area contributed by atoms with E-state index in [-0.39, 0.29) is 0 Å². The standard InChI is InChI=1S/C6H3N5/c7-1-5(2-8)11-6(3-9)4-10/h5-6,11H. The van der Waals surface area contributed by atoms with Gasteiger partial charge < -0.3 is 0 Å². The first-order chi connectivity index (χ1) is 5.28. The quantitative estimate of drug-likeness (QED) is 0.558. The zero-order chi connectivity index (χ0) is 8.69. The fourth-order valence-corrected chi connectivity index (χ4v) is 0.373. The van der Waals surface area contributed by atoms with Crippen LogP contribution in [0, 0.1) is 45.3 Å². The molecule has 1 N–H and O–H groups in total. The molecule has 0 heterocycles. The van der Waals surface area contributed by atoms with Crippen molar-refractivity contribution < 1.29 is 0 Å². The lowest BCUT2D eigenvalue weighted by molar-refractivity contribution is 0.690. The molecule has 0 amide bonds. The maximum Gasteiger partial charge on any atom is 0.185 e. The van der Waals surface area contributed by atoms with Crippen molar-refractivity contribution in [2.75, 3.05) is 0 Å². The zero-order valence-corrected chi connectivity index (χ0v) is 5.44. The molecule has 52 valence electrons. The topological polar surface area (TPSA) is 107 Å². The molecule has 0 saturated heterocycles. The minimum absolute atomic E-state index is 1.10. The van der Waals surface area contributed by atoms with Crippen LogP contribution < -0.4 is 5.32 Å². The van der Waals surface area contributed by atoms with Crippen molar-refractivity contribution in [2.24, 2.45) is 0 Å². The maximum absolute atomic E-state index is 8.21. The van der Waals surface area contributed by atoms with Crippen molar-refractivity contribution in [1.82, 2.24) is 5.32 Å². The van der Waals surface area contributed by atoms with Crippen LogP contribution in [0.1, 0.15) is 0 Å². The second kappa shape index (κ2) is 4.77. The highest BCUT2D eigenvalue weighted by Crippen LogP contribution is 1.82. The predicted molar refractivity (Wildman–Crippen MR) is 33.2 cm³/mol. The molecule has 0 rings (SSSR count). The SMILES string of the molecule is N#CC(C#N)NC(C#N)C#N. The minimum Gasteiger partial charge on any atom is -0.263 e. The molecule has 0 spiro atoms. The van der Waals surface area contributed by atoms with Gasteiger partial charge in [0.05, 0.1) is 24.3 Å². The Kier molecular flexibility index (Phi) is 3.87. The van der Waals surface area contributed by atoms with Crippen LogP contribution in [-0.4, -0.2) is 12.1 Å². The van der Waals surface area contributed by atoms with Gasteiger partial charge in [-0.15, -0.1) is 0 Å². The molecule has 0 aliphatic rings. The van der Waals surface area contributed by atoms with E-state index < -0.39 is 12.1 Å². The molecule has 0 aromatic rings. The van der Waals surface area contributed by atoms with Gasteiger partial charge in [0.25, 0.3) is 0 Å². The number of hydrogen-bond acceptors (Lipinski definition) is 5. The van der Waals surface area contributed by atoms with Gasteiger partial charge in [-0.3, -0.25) is 5.32 Å².